The molecular weight excluding hydrogens is 320 g/mol. The van der Waals surface area contributed by atoms with Gasteiger partial charge in [-0.05, 0) is 18.3 Å². The topological polar surface area (TPSA) is 58.6 Å². The molecule has 1 N–H and O–H groups in total. The van der Waals surface area contributed by atoms with E-state index in [0.717, 1.165) is 18.2 Å². The summed E-state index contributed by atoms with van der Waals surface area (Å²) < 4.78 is 33.6. The smallest absolute Gasteiger partial charge is 0.279 e. The lowest BCUT2D eigenvalue weighted by Crippen LogP contribution is -2.49. The third-order valence-corrected chi connectivity index (χ3v) is 6.47. The van der Waals surface area contributed by atoms with Crippen LogP contribution in [-0.2, 0) is 14.9 Å². The van der Waals surface area contributed by atoms with Crippen LogP contribution in [0.15, 0.2) is 0 Å². The van der Waals surface area contributed by atoms with Gasteiger partial charge < -0.3 is 4.74 Å². The van der Waals surface area contributed by atoms with Crippen LogP contribution < -0.4 is 4.72 Å². The van der Waals surface area contributed by atoms with Crippen molar-refractivity contribution in [1.29, 1.82) is 0 Å². The summed E-state index contributed by atoms with van der Waals surface area (Å²) in [6.45, 7) is 6.49. The molecule has 0 atom stereocenters. The van der Waals surface area contributed by atoms with E-state index in [2.05, 4.69) is 34.5 Å². The Kier molecular flexibility index (Phi) is 6.54. The molecule has 1 fully saturated rings. The normalized spacial score (nSPS) is 19.1. The molecule has 0 aromatic carbocycles. The Morgan fingerprint density at radius 1 is 1.28 bits per heavy atom. The maximum absolute atomic E-state index is 12.1. The molecule has 0 spiro atoms. The van der Waals surface area contributed by atoms with E-state index in [1.807, 2.05) is 0 Å². The molecule has 1 aliphatic rings. The number of nitrogens with one attached hydrogen (secondary N) is 1. The van der Waals surface area contributed by atoms with E-state index in [9.17, 15) is 8.42 Å². The SMILES string of the molecule is CCC(CC)(CBr)CNS(=O)(=O)N1CCOCC1. The lowest BCUT2D eigenvalue weighted by atomic mass is 9.85. The van der Waals surface area contributed by atoms with Crippen molar-refractivity contribution in [2.75, 3.05) is 38.2 Å². The Balaban J connectivity index is 2.59. The number of ether oxygens (including phenoxy) is 1. The fraction of sp³-hybridized carbons (Fsp3) is 1.00. The molecule has 0 aromatic heterocycles. The molecule has 0 unspecified atom stereocenters. The van der Waals surface area contributed by atoms with E-state index in [4.69, 9.17) is 4.74 Å². The number of hydrogen-bond donors (Lipinski definition) is 1. The third kappa shape index (κ3) is 4.16. The van der Waals surface area contributed by atoms with Crippen LogP contribution in [0, 0.1) is 5.41 Å². The van der Waals surface area contributed by atoms with E-state index < -0.39 is 10.2 Å². The Hall–Kier alpha value is 0.310. The Bertz CT molecular complexity index is 330. The molecule has 7 heteroatoms. The van der Waals surface area contributed by atoms with Gasteiger partial charge in [-0.15, -0.1) is 0 Å². The Morgan fingerprint density at radius 2 is 1.83 bits per heavy atom. The maximum atomic E-state index is 12.1. The van der Waals surface area contributed by atoms with Crippen LogP contribution in [0.5, 0.6) is 0 Å². The largest absolute Gasteiger partial charge is 0.379 e. The molecule has 5 nitrogen and oxygen atoms in total. The zero-order chi connectivity index (χ0) is 13.6. The highest BCUT2D eigenvalue weighted by Crippen LogP contribution is 2.28. The van der Waals surface area contributed by atoms with E-state index in [1.165, 1.54) is 4.31 Å². The van der Waals surface area contributed by atoms with E-state index in [1.54, 1.807) is 0 Å². The fourth-order valence-corrected chi connectivity index (χ4v) is 4.15. The second-order valence-corrected chi connectivity index (χ2v) is 6.99. The van der Waals surface area contributed by atoms with Gasteiger partial charge in [-0.25, -0.2) is 4.72 Å². The van der Waals surface area contributed by atoms with Gasteiger partial charge in [0.25, 0.3) is 10.2 Å². The minimum Gasteiger partial charge on any atom is -0.379 e. The maximum Gasteiger partial charge on any atom is 0.279 e. The van der Waals surface area contributed by atoms with Crippen molar-refractivity contribution < 1.29 is 13.2 Å². The van der Waals surface area contributed by atoms with Gasteiger partial charge in [-0.1, -0.05) is 29.8 Å². The standard InChI is InChI=1S/C11H23BrN2O3S/c1-3-11(4-2,9-12)10-13-18(15,16)14-5-7-17-8-6-14/h13H,3-10H2,1-2H3. The van der Waals surface area contributed by atoms with Crippen LogP contribution in [0.2, 0.25) is 0 Å². The summed E-state index contributed by atoms with van der Waals surface area (Å²) >= 11 is 3.49. The van der Waals surface area contributed by atoms with Crippen molar-refractivity contribution in [2.45, 2.75) is 26.7 Å². The molecule has 18 heavy (non-hydrogen) atoms. The van der Waals surface area contributed by atoms with Crippen LogP contribution in [0.1, 0.15) is 26.7 Å². The Labute approximate surface area is 119 Å². The summed E-state index contributed by atoms with van der Waals surface area (Å²) in [6, 6.07) is 0. The number of rotatable bonds is 7. The second-order valence-electron chi connectivity index (χ2n) is 4.68. The number of nitrogens with zero attached hydrogens (tertiary/aromatic N) is 1. The molecular formula is C11H23BrN2O3S. The monoisotopic (exact) mass is 342 g/mol. The summed E-state index contributed by atoms with van der Waals surface area (Å²) in [5.74, 6) is 0. The van der Waals surface area contributed by atoms with Crippen molar-refractivity contribution in [3.8, 4) is 0 Å². The average molecular weight is 343 g/mol. The molecule has 0 amide bonds. The molecule has 0 radical (unpaired) electrons. The van der Waals surface area contributed by atoms with Crippen molar-refractivity contribution >= 4 is 26.1 Å². The zero-order valence-corrected chi connectivity index (χ0v) is 13.5. The first-order valence-corrected chi connectivity index (χ1v) is 8.94. The number of alkyl halides is 1. The van der Waals surface area contributed by atoms with Crippen LogP contribution >= 0.6 is 15.9 Å². The van der Waals surface area contributed by atoms with Gasteiger partial charge in [0.1, 0.15) is 0 Å². The second kappa shape index (κ2) is 7.19. The van der Waals surface area contributed by atoms with Crippen molar-refractivity contribution in [3.63, 3.8) is 0 Å². The van der Waals surface area contributed by atoms with Gasteiger partial charge in [-0.3, -0.25) is 0 Å². The Morgan fingerprint density at radius 3 is 2.28 bits per heavy atom. The minimum atomic E-state index is -3.36. The molecule has 108 valence electrons. The molecule has 0 bridgehead atoms. The first kappa shape index (κ1) is 16.4. The summed E-state index contributed by atoms with van der Waals surface area (Å²) in [5.41, 5.74) is -0.000638. The average Bonchev–Trinajstić information content (AvgIpc) is 2.42. The van der Waals surface area contributed by atoms with Crippen molar-refractivity contribution in [3.05, 3.63) is 0 Å². The van der Waals surface area contributed by atoms with Crippen LogP contribution in [0.3, 0.4) is 0 Å². The van der Waals surface area contributed by atoms with Crippen LogP contribution in [0.25, 0.3) is 0 Å². The molecule has 0 aliphatic carbocycles. The van der Waals surface area contributed by atoms with Crippen LogP contribution in [0.4, 0.5) is 0 Å². The lowest BCUT2D eigenvalue weighted by molar-refractivity contribution is 0.0723. The molecule has 1 saturated heterocycles. The predicted molar refractivity (Wildman–Crippen MR) is 76.1 cm³/mol. The van der Waals surface area contributed by atoms with E-state index in [-0.39, 0.29) is 5.41 Å². The molecule has 1 rings (SSSR count). The molecule has 1 heterocycles. The first-order chi connectivity index (χ1) is 8.49. The first-order valence-electron chi connectivity index (χ1n) is 6.38. The van der Waals surface area contributed by atoms with Gasteiger partial charge >= 0.3 is 0 Å². The lowest BCUT2D eigenvalue weighted by Gasteiger charge is -2.32. The summed E-state index contributed by atoms with van der Waals surface area (Å²) in [5, 5.41) is 0.804. The highest BCUT2D eigenvalue weighted by atomic mass is 79.9. The predicted octanol–water partition coefficient (Wildman–Crippen LogP) is 1.35. The number of halogens is 1. The quantitative estimate of drug-likeness (QED) is 0.710. The fourth-order valence-electron chi connectivity index (χ4n) is 1.86. The van der Waals surface area contributed by atoms with E-state index >= 15 is 0 Å². The summed E-state index contributed by atoms with van der Waals surface area (Å²) in [7, 11) is -3.36. The third-order valence-electron chi connectivity index (χ3n) is 3.72. The van der Waals surface area contributed by atoms with Gasteiger partial charge in [-0.2, -0.15) is 12.7 Å². The molecule has 0 aromatic rings. The highest BCUT2D eigenvalue weighted by Gasteiger charge is 2.30. The van der Waals surface area contributed by atoms with Gasteiger partial charge in [0, 0.05) is 25.0 Å². The van der Waals surface area contributed by atoms with E-state index in [0.29, 0.717) is 32.8 Å². The van der Waals surface area contributed by atoms with Gasteiger partial charge in [0.2, 0.25) is 0 Å². The number of morpholine rings is 1. The van der Waals surface area contributed by atoms with Gasteiger partial charge in [0.05, 0.1) is 13.2 Å². The van der Waals surface area contributed by atoms with Crippen molar-refractivity contribution in [1.82, 2.24) is 9.03 Å². The van der Waals surface area contributed by atoms with Crippen LogP contribution in [-0.4, -0.2) is 50.9 Å². The summed E-state index contributed by atoms with van der Waals surface area (Å²) in [4.78, 5) is 0. The van der Waals surface area contributed by atoms with Gasteiger partial charge in [0.15, 0.2) is 0 Å². The summed E-state index contributed by atoms with van der Waals surface area (Å²) in [6.07, 6.45) is 1.89. The minimum absolute atomic E-state index is 0.000638. The molecule has 0 saturated carbocycles. The molecule has 1 aliphatic heterocycles. The van der Waals surface area contributed by atoms with Crippen molar-refractivity contribution in [2.24, 2.45) is 5.41 Å². The number of hydrogen-bond acceptors (Lipinski definition) is 3. The zero-order valence-electron chi connectivity index (χ0n) is 11.1. The highest BCUT2D eigenvalue weighted by molar-refractivity contribution is 9.09.